The van der Waals surface area contributed by atoms with Crippen LogP contribution in [0.5, 0.6) is 0 Å². The zero-order valence-electron chi connectivity index (χ0n) is 36.6. The first kappa shape index (κ1) is 38.5. The highest BCUT2D eigenvalue weighted by atomic mass is 16.3. The van der Waals surface area contributed by atoms with E-state index in [1.54, 1.807) is 0 Å². The van der Waals surface area contributed by atoms with Gasteiger partial charge in [0, 0.05) is 49.7 Å². The molecule has 0 aliphatic heterocycles. The number of hydrogen-bond acceptors (Lipinski definition) is 2. The Morgan fingerprint density at radius 1 is 0.299 bits per heavy atom. The molecule has 2 heterocycles. The molecule has 13 rings (SSSR count). The van der Waals surface area contributed by atoms with Crippen LogP contribution < -0.4 is 4.90 Å². The number of rotatable bonds is 8. The normalized spacial score (nSPS) is 11.6. The summed E-state index contributed by atoms with van der Waals surface area (Å²) < 4.78 is 8.93. The average molecular weight is 855 g/mol. The van der Waals surface area contributed by atoms with Gasteiger partial charge in [-0.05, 0) is 105 Å². The lowest BCUT2D eigenvalue weighted by atomic mass is 9.97. The fraction of sp³-hybridized carbons (Fsp3) is 0. The van der Waals surface area contributed by atoms with Crippen LogP contribution in [0.25, 0.3) is 105 Å². The first-order valence-corrected chi connectivity index (χ1v) is 22.9. The molecule has 0 aliphatic rings. The van der Waals surface area contributed by atoms with Crippen LogP contribution >= 0.6 is 0 Å². The number of hydrogen-bond donors (Lipinski definition) is 0. The molecular formula is C64H42N2O. The van der Waals surface area contributed by atoms with Gasteiger partial charge in [0.2, 0.25) is 0 Å². The maximum Gasteiger partial charge on any atom is 0.143 e. The molecule has 0 atom stereocenters. The van der Waals surface area contributed by atoms with Crippen molar-refractivity contribution < 1.29 is 4.42 Å². The maximum atomic E-state index is 6.52. The molecule has 0 fully saturated rings. The summed E-state index contributed by atoms with van der Waals surface area (Å²) >= 11 is 0. The molecule has 3 nitrogen and oxygen atoms in total. The lowest BCUT2D eigenvalue weighted by Crippen LogP contribution is -2.10. The van der Waals surface area contributed by atoms with E-state index < -0.39 is 0 Å². The number of aromatic nitrogens is 1. The van der Waals surface area contributed by atoms with E-state index in [4.69, 9.17) is 4.42 Å². The first-order chi connectivity index (χ1) is 33.2. The van der Waals surface area contributed by atoms with Crippen molar-refractivity contribution in [2.75, 3.05) is 4.90 Å². The van der Waals surface area contributed by atoms with Gasteiger partial charge in [0.1, 0.15) is 11.2 Å². The molecule has 0 amide bonds. The second kappa shape index (κ2) is 16.0. The average Bonchev–Trinajstić information content (AvgIpc) is 3.95. The van der Waals surface area contributed by atoms with Crippen LogP contribution in [0, 0.1) is 0 Å². The van der Waals surface area contributed by atoms with Crippen molar-refractivity contribution >= 4 is 71.6 Å². The van der Waals surface area contributed by atoms with Gasteiger partial charge >= 0.3 is 0 Å². The lowest BCUT2D eigenvalue weighted by molar-refractivity contribution is 0.670. The van der Waals surface area contributed by atoms with Gasteiger partial charge in [-0.2, -0.15) is 0 Å². The molecule has 0 aliphatic carbocycles. The van der Waals surface area contributed by atoms with E-state index in [1.807, 2.05) is 12.1 Å². The third-order valence-corrected chi connectivity index (χ3v) is 13.4. The molecule has 0 unspecified atom stereocenters. The van der Waals surface area contributed by atoms with Gasteiger partial charge in [-0.25, -0.2) is 0 Å². The SMILES string of the molecule is c1cc(-c2cccc3c2oc2ccccc23)cc(N(c2ccc(-c3ccc(-c4ccccc4-n4c5ccccc5c5ccccc54)cc3)cc2)c2ccc(-c3cccc4ccccc34)cc2)c1. The van der Waals surface area contributed by atoms with E-state index in [0.717, 1.165) is 61.3 Å². The maximum absolute atomic E-state index is 6.52. The van der Waals surface area contributed by atoms with Crippen molar-refractivity contribution in [2.24, 2.45) is 0 Å². The number of furan rings is 1. The molecule has 0 saturated heterocycles. The summed E-state index contributed by atoms with van der Waals surface area (Å²) in [5, 5.41) is 7.25. The Labute approximate surface area is 388 Å². The number of nitrogens with zero attached hydrogens (tertiary/aromatic N) is 2. The summed E-state index contributed by atoms with van der Waals surface area (Å²) in [5.74, 6) is 0. The van der Waals surface area contributed by atoms with Crippen molar-refractivity contribution in [2.45, 2.75) is 0 Å². The quantitative estimate of drug-likeness (QED) is 0.152. The minimum Gasteiger partial charge on any atom is -0.455 e. The number of benzene rings is 11. The largest absolute Gasteiger partial charge is 0.455 e. The molecule has 13 aromatic rings. The molecule has 0 N–H and O–H groups in total. The van der Waals surface area contributed by atoms with Gasteiger partial charge in [0.05, 0.1) is 16.7 Å². The van der Waals surface area contributed by atoms with Crippen LogP contribution in [0.1, 0.15) is 0 Å². The van der Waals surface area contributed by atoms with E-state index in [1.165, 1.54) is 60.5 Å². The molecule has 3 heteroatoms. The Kier molecular flexibility index (Phi) is 9.17. The predicted molar refractivity (Wildman–Crippen MR) is 282 cm³/mol. The number of anilines is 3. The molecule has 0 saturated carbocycles. The van der Waals surface area contributed by atoms with Gasteiger partial charge in [0.25, 0.3) is 0 Å². The first-order valence-electron chi connectivity index (χ1n) is 22.9. The number of para-hydroxylation sites is 5. The summed E-state index contributed by atoms with van der Waals surface area (Å²) in [6.07, 6.45) is 0. The zero-order chi connectivity index (χ0) is 44.3. The minimum absolute atomic E-state index is 0.896. The Hall–Kier alpha value is -8.92. The second-order valence-electron chi connectivity index (χ2n) is 17.3. The van der Waals surface area contributed by atoms with Crippen LogP contribution in [0.2, 0.25) is 0 Å². The topological polar surface area (TPSA) is 21.3 Å². The summed E-state index contributed by atoms with van der Waals surface area (Å²) in [4.78, 5) is 2.35. The molecule has 0 spiro atoms. The van der Waals surface area contributed by atoms with Crippen molar-refractivity contribution in [3.8, 4) is 50.2 Å². The van der Waals surface area contributed by atoms with Crippen LogP contribution in [-0.2, 0) is 0 Å². The fourth-order valence-electron chi connectivity index (χ4n) is 10.2. The Morgan fingerprint density at radius 3 is 1.54 bits per heavy atom. The van der Waals surface area contributed by atoms with Crippen LogP contribution in [0.15, 0.2) is 259 Å². The van der Waals surface area contributed by atoms with E-state index >= 15 is 0 Å². The minimum atomic E-state index is 0.896. The third kappa shape index (κ3) is 6.59. The van der Waals surface area contributed by atoms with E-state index in [0.29, 0.717) is 0 Å². The molecule has 0 radical (unpaired) electrons. The van der Waals surface area contributed by atoms with Crippen molar-refractivity contribution in [3.63, 3.8) is 0 Å². The molecule has 2 aromatic heterocycles. The van der Waals surface area contributed by atoms with Gasteiger partial charge in [-0.15, -0.1) is 0 Å². The second-order valence-corrected chi connectivity index (χ2v) is 17.3. The molecule has 0 bridgehead atoms. The van der Waals surface area contributed by atoms with Gasteiger partial charge in [0.15, 0.2) is 0 Å². The summed E-state index contributed by atoms with van der Waals surface area (Å²) in [6, 6.07) is 91.8. The summed E-state index contributed by atoms with van der Waals surface area (Å²) in [5.41, 5.74) is 17.8. The van der Waals surface area contributed by atoms with Crippen molar-refractivity contribution in [1.82, 2.24) is 4.57 Å². The fourth-order valence-corrected chi connectivity index (χ4v) is 10.2. The van der Waals surface area contributed by atoms with Crippen LogP contribution in [-0.4, -0.2) is 4.57 Å². The highest BCUT2D eigenvalue weighted by molar-refractivity contribution is 6.11. The van der Waals surface area contributed by atoms with Crippen molar-refractivity contribution in [3.05, 3.63) is 255 Å². The molecule has 11 aromatic carbocycles. The molecule has 67 heavy (non-hydrogen) atoms. The van der Waals surface area contributed by atoms with Crippen LogP contribution in [0.3, 0.4) is 0 Å². The van der Waals surface area contributed by atoms with Crippen LogP contribution in [0.4, 0.5) is 17.1 Å². The molecular weight excluding hydrogens is 813 g/mol. The third-order valence-electron chi connectivity index (χ3n) is 13.4. The monoisotopic (exact) mass is 854 g/mol. The standard InChI is InChI=1S/C64H42N2O/c1-2-18-52-45(14-1)15-12-23-53(52)46-36-40-50(41-37-46)65(51-17-11-16-48(42-51)55-24-13-25-59-58-22-6-10-29-63(58)67-64(55)59)49-38-34-44(35-39-49)43-30-32-47(33-31-43)54-19-3-7-26-60(54)66-61-27-8-4-20-56(61)57-21-5-9-28-62(57)66/h1-42H. The van der Waals surface area contributed by atoms with E-state index in [-0.39, 0.29) is 0 Å². The van der Waals surface area contributed by atoms with Gasteiger partial charge < -0.3 is 13.9 Å². The van der Waals surface area contributed by atoms with Gasteiger partial charge in [-0.3, -0.25) is 0 Å². The smallest absolute Gasteiger partial charge is 0.143 e. The predicted octanol–water partition coefficient (Wildman–Crippen LogP) is 18.0. The Bertz CT molecular complexity index is 3910. The number of fused-ring (bicyclic) bond motifs is 7. The highest BCUT2D eigenvalue weighted by Gasteiger charge is 2.19. The van der Waals surface area contributed by atoms with Gasteiger partial charge in [-0.1, -0.05) is 194 Å². The summed E-state index contributed by atoms with van der Waals surface area (Å²) in [6.45, 7) is 0. The lowest BCUT2D eigenvalue weighted by Gasteiger charge is -2.26. The zero-order valence-corrected chi connectivity index (χ0v) is 36.6. The highest BCUT2D eigenvalue weighted by Crippen LogP contribution is 2.42. The van der Waals surface area contributed by atoms with Crippen molar-refractivity contribution in [1.29, 1.82) is 0 Å². The Balaban J connectivity index is 0.873. The Morgan fingerprint density at radius 2 is 0.791 bits per heavy atom. The van der Waals surface area contributed by atoms with E-state index in [9.17, 15) is 0 Å². The summed E-state index contributed by atoms with van der Waals surface area (Å²) in [7, 11) is 0. The van der Waals surface area contributed by atoms with E-state index in [2.05, 4.69) is 252 Å². The molecule has 314 valence electrons.